The lowest BCUT2D eigenvalue weighted by atomic mass is 9.90. The fourth-order valence-corrected chi connectivity index (χ4v) is 3.39. The third kappa shape index (κ3) is 4.68. The Kier molecular flexibility index (Phi) is 6.06. The van der Waals surface area contributed by atoms with Crippen LogP contribution in [-0.2, 0) is 9.59 Å². The van der Waals surface area contributed by atoms with Crippen LogP contribution in [0.2, 0.25) is 0 Å². The Morgan fingerprint density at radius 1 is 1.21 bits per heavy atom. The van der Waals surface area contributed by atoms with Crippen LogP contribution in [0.4, 0.5) is 5.69 Å². The first-order chi connectivity index (χ1) is 13.9. The predicted octanol–water partition coefficient (Wildman–Crippen LogP) is 1.52. The molecule has 1 saturated heterocycles. The molecular weight excluding hydrogens is 374 g/mol. The lowest BCUT2D eigenvalue weighted by Gasteiger charge is -2.38. The number of ether oxygens (including phenoxy) is 1. The highest BCUT2D eigenvalue weighted by Gasteiger charge is 2.34. The largest absolute Gasteiger partial charge is 0.481 e. The van der Waals surface area contributed by atoms with Gasteiger partial charge in [0, 0.05) is 25.0 Å². The predicted molar refractivity (Wildman–Crippen MR) is 105 cm³/mol. The van der Waals surface area contributed by atoms with Gasteiger partial charge in [-0.15, -0.1) is 0 Å². The zero-order chi connectivity index (χ0) is 21.0. The third-order valence-electron chi connectivity index (χ3n) is 4.91. The van der Waals surface area contributed by atoms with Crippen molar-refractivity contribution in [2.45, 2.75) is 25.8 Å². The maximum Gasteiger partial charge on any atom is 0.313 e. The summed E-state index contributed by atoms with van der Waals surface area (Å²) in [6.45, 7) is 2.50. The number of carbonyl (C=O) groups is 3. The van der Waals surface area contributed by atoms with E-state index in [2.05, 4.69) is 15.3 Å². The Labute approximate surface area is 168 Å². The van der Waals surface area contributed by atoms with Gasteiger partial charge in [-0.2, -0.15) is 0 Å². The highest BCUT2D eigenvalue weighted by molar-refractivity contribution is 6.39. The van der Waals surface area contributed by atoms with Crippen molar-refractivity contribution in [3.05, 3.63) is 47.9 Å². The van der Waals surface area contributed by atoms with Gasteiger partial charge in [-0.25, -0.2) is 4.98 Å². The highest BCUT2D eigenvalue weighted by Crippen LogP contribution is 2.33. The molecule has 0 spiro atoms. The van der Waals surface area contributed by atoms with Crippen LogP contribution >= 0.6 is 0 Å². The number of pyridine rings is 2. The fourth-order valence-electron chi connectivity index (χ4n) is 3.39. The summed E-state index contributed by atoms with van der Waals surface area (Å²) in [5.74, 6) is -1.36. The molecule has 2 aromatic rings. The Balaban J connectivity index is 1.78. The van der Waals surface area contributed by atoms with Gasteiger partial charge in [0.05, 0.1) is 30.6 Å². The molecule has 152 valence electrons. The van der Waals surface area contributed by atoms with E-state index in [0.717, 1.165) is 18.4 Å². The van der Waals surface area contributed by atoms with Crippen molar-refractivity contribution < 1.29 is 19.1 Å². The van der Waals surface area contributed by atoms with Crippen molar-refractivity contribution in [3.8, 4) is 5.88 Å². The second-order valence-corrected chi connectivity index (χ2v) is 7.07. The third-order valence-corrected chi connectivity index (χ3v) is 4.91. The van der Waals surface area contributed by atoms with Crippen LogP contribution in [0.15, 0.2) is 36.8 Å². The molecular formula is C20H23N5O4. The molecule has 0 unspecified atom stereocenters. The summed E-state index contributed by atoms with van der Waals surface area (Å²) in [5.41, 5.74) is 6.44. The summed E-state index contributed by atoms with van der Waals surface area (Å²) in [5, 5.41) is 2.50. The van der Waals surface area contributed by atoms with E-state index in [0.29, 0.717) is 12.4 Å². The van der Waals surface area contributed by atoms with E-state index in [1.54, 1.807) is 17.2 Å². The molecule has 3 heterocycles. The van der Waals surface area contributed by atoms with E-state index in [9.17, 15) is 14.4 Å². The van der Waals surface area contributed by atoms with Gasteiger partial charge in [-0.3, -0.25) is 19.4 Å². The number of likely N-dealkylation sites (tertiary alicyclic amines) is 1. The van der Waals surface area contributed by atoms with Gasteiger partial charge in [0.2, 0.25) is 11.8 Å². The van der Waals surface area contributed by atoms with Gasteiger partial charge in [0.1, 0.15) is 0 Å². The number of nitrogens with zero attached hydrogens (tertiary/aromatic N) is 3. The van der Waals surface area contributed by atoms with Crippen LogP contribution < -0.4 is 15.8 Å². The van der Waals surface area contributed by atoms with Crippen molar-refractivity contribution in [2.75, 3.05) is 19.0 Å². The number of hydrogen-bond acceptors (Lipinski definition) is 6. The van der Waals surface area contributed by atoms with E-state index in [1.807, 2.05) is 13.0 Å². The molecule has 9 nitrogen and oxygen atoms in total. The number of methoxy groups -OCH3 is 1. The summed E-state index contributed by atoms with van der Waals surface area (Å²) in [4.78, 5) is 46.4. The number of aromatic nitrogens is 2. The first-order valence-electron chi connectivity index (χ1n) is 9.25. The Morgan fingerprint density at radius 2 is 2.00 bits per heavy atom. The molecule has 2 atom stereocenters. The Bertz CT molecular complexity index is 915. The average Bonchev–Trinajstić information content (AvgIpc) is 2.73. The van der Waals surface area contributed by atoms with Crippen LogP contribution in [0, 0.1) is 5.92 Å². The average molecular weight is 397 g/mol. The number of anilines is 1. The molecule has 0 aliphatic carbocycles. The second-order valence-electron chi connectivity index (χ2n) is 7.07. The molecule has 1 aliphatic rings. The molecule has 1 fully saturated rings. The highest BCUT2D eigenvalue weighted by atomic mass is 16.5. The number of hydrogen-bond donors (Lipinski definition) is 2. The normalized spacial score (nSPS) is 18.8. The zero-order valence-corrected chi connectivity index (χ0v) is 16.3. The Hall–Kier alpha value is -3.49. The molecule has 3 rings (SSSR count). The first kappa shape index (κ1) is 20.2. The van der Waals surface area contributed by atoms with Gasteiger partial charge in [0.25, 0.3) is 0 Å². The summed E-state index contributed by atoms with van der Waals surface area (Å²) in [6, 6.07) is 4.71. The standard InChI is InChI=1S/C20H23N5O4/c1-12-3-5-16(13-4-6-17(29-2)23-9-13)25(11-12)20(28)19(27)24-15-7-14(18(21)26)8-22-10-15/h4,6-10,12,16H,3,5,11H2,1-2H3,(H2,21,26)(H,24,27)/t12-,16+/m0/s1. The van der Waals surface area contributed by atoms with Gasteiger partial charge in [-0.05, 0) is 30.4 Å². The lowest BCUT2D eigenvalue weighted by molar-refractivity contribution is -0.146. The van der Waals surface area contributed by atoms with E-state index >= 15 is 0 Å². The van der Waals surface area contributed by atoms with E-state index in [-0.39, 0.29) is 23.2 Å². The molecule has 3 N–H and O–H groups in total. The number of piperidine rings is 1. The van der Waals surface area contributed by atoms with Gasteiger partial charge < -0.3 is 20.7 Å². The maximum absolute atomic E-state index is 12.9. The van der Waals surface area contributed by atoms with E-state index < -0.39 is 17.7 Å². The SMILES string of the molecule is COc1ccc([C@H]2CC[C@H](C)CN2C(=O)C(=O)Nc2cncc(C(N)=O)c2)cn1. The Morgan fingerprint density at radius 3 is 2.66 bits per heavy atom. The van der Waals surface area contributed by atoms with Crippen LogP contribution in [0.5, 0.6) is 5.88 Å². The van der Waals surface area contributed by atoms with Crippen molar-refractivity contribution in [3.63, 3.8) is 0 Å². The topological polar surface area (TPSA) is 128 Å². The minimum absolute atomic E-state index is 0.143. The van der Waals surface area contributed by atoms with Gasteiger partial charge in [0.15, 0.2) is 0 Å². The van der Waals surface area contributed by atoms with Crippen LogP contribution in [0.3, 0.4) is 0 Å². The minimum atomic E-state index is -0.797. The number of amides is 3. The van der Waals surface area contributed by atoms with Crippen LogP contribution in [-0.4, -0.2) is 46.2 Å². The van der Waals surface area contributed by atoms with Crippen molar-refractivity contribution in [2.24, 2.45) is 11.7 Å². The van der Waals surface area contributed by atoms with E-state index in [4.69, 9.17) is 10.5 Å². The molecule has 0 radical (unpaired) electrons. The first-order valence-corrected chi connectivity index (χ1v) is 9.25. The van der Waals surface area contributed by atoms with Gasteiger partial charge >= 0.3 is 11.8 Å². The molecule has 1 aliphatic heterocycles. The molecule has 29 heavy (non-hydrogen) atoms. The molecule has 2 aromatic heterocycles. The fraction of sp³-hybridized carbons (Fsp3) is 0.350. The summed E-state index contributed by atoms with van der Waals surface area (Å²) in [7, 11) is 1.53. The minimum Gasteiger partial charge on any atom is -0.481 e. The number of rotatable bonds is 4. The van der Waals surface area contributed by atoms with Crippen molar-refractivity contribution in [1.29, 1.82) is 0 Å². The molecule has 0 bridgehead atoms. The summed E-state index contributed by atoms with van der Waals surface area (Å²) < 4.78 is 5.08. The molecule has 0 aromatic carbocycles. The number of primary amides is 1. The molecule has 9 heteroatoms. The summed E-state index contributed by atoms with van der Waals surface area (Å²) in [6.07, 6.45) is 5.97. The molecule has 0 saturated carbocycles. The molecule has 3 amide bonds. The zero-order valence-electron chi connectivity index (χ0n) is 16.3. The second kappa shape index (κ2) is 8.68. The quantitative estimate of drug-likeness (QED) is 0.753. The van der Waals surface area contributed by atoms with Crippen molar-refractivity contribution >= 4 is 23.4 Å². The lowest BCUT2D eigenvalue weighted by Crippen LogP contribution is -2.46. The number of nitrogens with one attached hydrogen (secondary N) is 1. The monoisotopic (exact) mass is 397 g/mol. The van der Waals surface area contributed by atoms with Crippen molar-refractivity contribution in [1.82, 2.24) is 14.9 Å². The number of nitrogens with two attached hydrogens (primary N) is 1. The number of carbonyl (C=O) groups excluding carboxylic acids is 3. The van der Waals surface area contributed by atoms with Crippen LogP contribution in [0.25, 0.3) is 0 Å². The van der Waals surface area contributed by atoms with E-state index in [1.165, 1.54) is 25.6 Å². The van der Waals surface area contributed by atoms with Gasteiger partial charge in [-0.1, -0.05) is 13.0 Å². The van der Waals surface area contributed by atoms with Crippen LogP contribution in [0.1, 0.15) is 41.7 Å². The maximum atomic E-state index is 12.9. The smallest absolute Gasteiger partial charge is 0.313 e. The summed E-state index contributed by atoms with van der Waals surface area (Å²) >= 11 is 0.